The number of hydrogen-bond donors (Lipinski definition) is 0. The van der Waals surface area contributed by atoms with Crippen molar-refractivity contribution in [2.24, 2.45) is 0 Å². The van der Waals surface area contributed by atoms with Crippen molar-refractivity contribution in [2.45, 2.75) is 45.8 Å². The first kappa shape index (κ1) is 23.6. The van der Waals surface area contributed by atoms with Crippen LogP contribution in [0.4, 0.5) is 14.9 Å². The summed E-state index contributed by atoms with van der Waals surface area (Å²) in [4.78, 5) is 29.6. The Morgan fingerprint density at radius 3 is 2.33 bits per heavy atom. The van der Waals surface area contributed by atoms with Gasteiger partial charge < -0.3 is 14.5 Å². The van der Waals surface area contributed by atoms with E-state index in [0.717, 1.165) is 31.5 Å². The molecule has 0 unspecified atom stereocenters. The molecule has 1 aliphatic rings. The van der Waals surface area contributed by atoms with Gasteiger partial charge in [0.25, 0.3) is 0 Å². The number of aromatic nitrogens is 1. The fraction of sp³-hybridized carbons (Fsp3) is 0.409. The lowest BCUT2D eigenvalue weighted by Gasteiger charge is -2.23. The van der Waals surface area contributed by atoms with Gasteiger partial charge in [-0.05, 0) is 69.5 Å². The average molecular weight is 436 g/mol. The van der Waals surface area contributed by atoms with E-state index in [4.69, 9.17) is 16.3 Å². The third kappa shape index (κ3) is 7.99. The molecule has 0 spiro atoms. The molecule has 1 saturated heterocycles. The fourth-order valence-electron chi connectivity index (χ4n) is 2.74. The van der Waals surface area contributed by atoms with Crippen molar-refractivity contribution in [1.29, 1.82) is 0 Å². The van der Waals surface area contributed by atoms with Gasteiger partial charge in [0, 0.05) is 25.0 Å². The van der Waals surface area contributed by atoms with Crippen LogP contribution < -0.4 is 4.90 Å². The molecule has 30 heavy (non-hydrogen) atoms. The number of likely N-dealkylation sites (tertiary alicyclic amines) is 1. The molecule has 0 N–H and O–H groups in total. The zero-order valence-corrected chi connectivity index (χ0v) is 18.2. The number of hydrogen-bond acceptors (Lipinski definition) is 4. The van der Waals surface area contributed by atoms with Crippen LogP contribution >= 0.6 is 11.6 Å². The minimum Gasteiger partial charge on any atom is -0.444 e. The third-order valence-electron chi connectivity index (χ3n) is 4.18. The molecule has 1 aromatic carbocycles. The van der Waals surface area contributed by atoms with Gasteiger partial charge in [0.15, 0.2) is 0 Å². The summed E-state index contributed by atoms with van der Waals surface area (Å²) in [5.41, 5.74) is 1.11. The number of anilines is 1. The van der Waals surface area contributed by atoms with Gasteiger partial charge in [-0.2, -0.15) is 0 Å². The van der Waals surface area contributed by atoms with E-state index in [0.29, 0.717) is 23.8 Å². The van der Waals surface area contributed by atoms with Crippen LogP contribution in [0, 0.1) is 5.82 Å². The first-order valence-electron chi connectivity index (χ1n) is 9.74. The highest BCUT2D eigenvalue weighted by atomic mass is 35.5. The van der Waals surface area contributed by atoms with Gasteiger partial charge in [0.2, 0.25) is 6.41 Å². The zero-order chi connectivity index (χ0) is 22.1. The first-order chi connectivity index (χ1) is 14.2. The van der Waals surface area contributed by atoms with E-state index in [-0.39, 0.29) is 17.5 Å². The summed E-state index contributed by atoms with van der Waals surface area (Å²) in [6.07, 6.45) is 4.35. The van der Waals surface area contributed by atoms with Crippen LogP contribution in [-0.2, 0) is 16.1 Å². The van der Waals surface area contributed by atoms with E-state index in [1.807, 2.05) is 20.8 Å². The van der Waals surface area contributed by atoms with E-state index in [9.17, 15) is 14.0 Å². The highest BCUT2D eigenvalue weighted by Crippen LogP contribution is 2.17. The van der Waals surface area contributed by atoms with Crippen molar-refractivity contribution in [3.8, 4) is 0 Å². The highest BCUT2D eigenvalue weighted by molar-refractivity contribution is 6.29. The number of ether oxygens (including phenoxy) is 1. The summed E-state index contributed by atoms with van der Waals surface area (Å²) in [5.74, 6) is -0.335. The minimum atomic E-state index is -0.361. The van der Waals surface area contributed by atoms with Gasteiger partial charge in [0.1, 0.15) is 16.6 Å². The largest absolute Gasteiger partial charge is 0.444 e. The van der Waals surface area contributed by atoms with Gasteiger partial charge in [-0.25, -0.2) is 14.2 Å². The number of halogens is 2. The lowest BCUT2D eigenvalue weighted by molar-refractivity contribution is -0.107. The Labute approximate surface area is 181 Å². The number of carbonyl (C=O) groups is 2. The Morgan fingerprint density at radius 2 is 1.83 bits per heavy atom. The van der Waals surface area contributed by atoms with Crippen LogP contribution in [0.25, 0.3) is 0 Å². The maximum Gasteiger partial charge on any atom is 0.410 e. The predicted molar refractivity (Wildman–Crippen MR) is 115 cm³/mol. The molecular formula is C22H27ClFN3O3. The minimum absolute atomic E-state index is 0.167. The van der Waals surface area contributed by atoms with Gasteiger partial charge in [-0.15, -0.1) is 0 Å². The molecule has 0 bridgehead atoms. The first-order valence-corrected chi connectivity index (χ1v) is 10.1. The van der Waals surface area contributed by atoms with E-state index >= 15 is 0 Å². The number of benzene rings is 1. The van der Waals surface area contributed by atoms with Crippen LogP contribution in [0.15, 0.2) is 42.6 Å². The second-order valence-electron chi connectivity index (χ2n) is 7.87. The summed E-state index contributed by atoms with van der Waals surface area (Å²) in [7, 11) is 0. The molecule has 0 aliphatic carbocycles. The van der Waals surface area contributed by atoms with E-state index in [1.165, 1.54) is 17.0 Å². The molecule has 3 rings (SSSR count). The number of nitrogens with zero attached hydrogens (tertiary/aromatic N) is 3. The summed E-state index contributed by atoms with van der Waals surface area (Å²) in [5, 5.41) is 0.401. The number of pyridine rings is 1. The Hall–Kier alpha value is -2.67. The maximum atomic E-state index is 12.8. The molecule has 1 fully saturated rings. The van der Waals surface area contributed by atoms with Crippen LogP contribution in [0.5, 0.6) is 0 Å². The molecular weight excluding hydrogens is 409 g/mol. The van der Waals surface area contributed by atoms with Crippen molar-refractivity contribution in [3.05, 3.63) is 59.1 Å². The Morgan fingerprint density at radius 1 is 1.20 bits per heavy atom. The topological polar surface area (TPSA) is 62.7 Å². The molecule has 0 radical (unpaired) electrons. The monoisotopic (exact) mass is 435 g/mol. The van der Waals surface area contributed by atoms with Crippen LogP contribution in [0.3, 0.4) is 0 Å². The lowest BCUT2D eigenvalue weighted by atomic mass is 10.2. The maximum absolute atomic E-state index is 12.8. The summed E-state index contributed by atoms with van der Waals surface area (Å²) in [6, 6.07) is 9.16. The normalized spacial score (nSPS) is 13.3. The summed E-state index contributed by atoms with van der Waals surface area (Å²) in [6.45, 7) is 7.74. The smallest absolute Gasteiger partial charge is 0.410 e. The Balaban J connectivity index is 0.000000232. The van der Waals surface area contributed by atoms with Gasteiger partial charge >= 0.3 is 6.09 Å². The molecule has 1 aromatic heterocycles. The van der Waals surface area contributed by atoms with Crippen molar-refractivity contribution in [2.75, 3.05) is 18.0 Å². The average Bonchev–Trinajstić information content (AvgIpc) is 3.23. The number of rotatable bonds is 4. The second-order valence-corrected chi connectivity index (χ2v) is 8.26. The zero-order valence-electron chi connectivity index (χ0n) is 17.5. The third-order valence-corrected chi connectivity index (χ3v) is 4.41. The van der Waals surface area contributed by atoms with Gasteiger partial charge in [0.05, 0.1) is 6.54 Å². The van der Waals surface area contributed by atoms with E-state index < -0.39 is 0 Å². The molecule has 2 amide bonds. The standard InChI is InChI=1S/C13H10ClFN2O.C9H17NO2/c14-13-6-1-10(7-16-13)8-17(9-18)12-4-2-11(15)3-5-12;1-9(2,3)12-8(11)10-6-4-5-7-10/h1-7,9H,8H2;4-7H2,1-3H3. The predicted octanol–water partition coefficient (Wildman–Crippen LogP) is 5.05. The SMILES string of the molecule is CC(C)(C)OC(=O)N1CCCC1.O=CN(Cc1ccc(Cl)nc1)c1ccc(F)cc1. The van der Waals surface area contributed by atoms with Crippen molar-refractivity contribution < 1.29 is 18.7 Å². The van der Waals surface area contributed by atoms with E-state index in [1.54, 1.807) is 35.4 Å². The summed E-state index contributed by atoms with van der Waals surface area (Å²) >= 11 is 5.68. The number of amides is 2. The van der Waals surface area contributed by atoms with Crippen LogP contribution in [0.1, 0.15) is 39.2 Å². The molecule has 1 aliphatic heterocycles. The summed E-state index contributed by atoms with van der Waals surface area (Å²) < 4.78 is 18.0. The van der Waals surface area contributed by atoms with Gasteiger partial charge in [-0.3, -0.25) is 4.79 Å². The molecule has 2 heterocycles. The number of carbonyl (C=O) groups excluding carboxylic acids is 2. The van der Waals surface area contributed by atoms with E-state index in [2.05, 4.69) is 4.98 Å². The second kappa shape index (κ2) is 10.9. The molecule has 2 aromatic rings. The Kier molecular flexibility index (Phi) is 8.59. The lowest BCUT2D eigenvalue weighted by Crippen LogP contribution is -2.34. The van der Waals surface area contributed by atoms with Crippen molar-refractivity contribution in [1.82, 2.24) is 9.88 Å². The van der Waals surface area contributed by atoms with Crippen molar-refractivity contribution >= 4 is 29.8 Å². The Bertz CT molecular complexity index is 817. The highest BCUT2D eigenvalue weighted by Gasteiger charge is 2.23. The van der Waals surface area contributed by atoms with Crippen LogP contribution in [-0.4, -0.2) is 41.1 Å². The molecule has 0 atom stereocenters. The molecule has 8 heteroatoms. The quantitative estimate of drug-likeness (QED) is 0.497. The molecule has 6 nitrogen and oxygen atoms in total. The molecule has 0 saturated carbocycles. The fourth-order valence-corrected chi connectivity index (χ4v) is 2.86. The van der Waals surface area contributed by atoms with Crippen molar-refractivity contribution in [3.63, 3.8) is 0 Å². The van der Waals surface area contributed by atoms with Crippen LogP contribution in [0.2, 0.25) is 5.15 Å². The van der Waals surface area contributed by atoms with Gasteiger partial charge in [-0.1, -0.05) is 17.7 Å². The molecule has 162 valence electrons.